The molecule has 0 aromatic heterocycles. The van der Waals surface area contributed by atoms with Gasteiger partial charge in [-0.2, -0.15) is 0 Å². The van der Waals surface area contributed by atoms with E-state index in [4.69, 9.17) is 9.16 Å². The van der Waals surface area contributed by atoms with E-state index in [-0.39, 0.29) is 23.3 Å². The van der Waals surface area contributed by atoms with Gasteiger partial charge in [-0.15, -0.1) is 0 Å². The van der Waals surface area contributed by atoms with E-state index in [1.807, 2.05) is 32.7 Å². The molecule has 1 amide bonds. The van der Waals surface area contributed by atoms with Crippen LogP contribution in [0, 0.1) is 0 Å². The molecular formula is C20H40N2O3Si. The molecule has 0 bridgehead atoms. The largest absolute Gasteiger partial charge is 0.444 e. The summed E-state index contributed by atoms with van der Waals surface area (Å²) in [5.74, 6) is 0. The van der Waals surface area contributed by atoms with Crippen LogP contribution in [0.25, 0.3) is 0 Å². The minimum atomic E-state index is -1.88. The molecule has 0 aliphatic carbocycles. The number of likely N-dealkylation sites (N-methyl/N-ethyl adjacent to an activating group) is 1. The standard InChI is InChI=1S/C20H40N2O3Si/c1-15(13-21-8)11-16-12-17(25-26(9,10)20(5,6)7)14-22(16)18(23)24-19(2,3)4/h16-17,21H,1,11-14H2,2-10H3/t16-,17+/m0/s1. The highest BCUT2D eigenvalue weighted by Gasteiger charge is 2.44. The molecule has 2 atom stereocenters. The number of hydrogen-bond acceptors (Lipinski definition) is 4. The Bertz CT molecular complexity index is 506. The summed E-state index contributed by atoms with van der Waals surface area (Å²) in [6, 6.07) is 0.0838. The predicted octanol–water partition coefficient (Wildman–Crippen LogP) is 4.55. The van der Waals surface area contributed by atoms with Crippen LogP contribution >= 0.6 is 0 Å². The fourth-order valence-electron chi connectivity index (χ4n) is 2.95. The molecule has 0 saturated carbocycles. The number of ether oxygens (including phenoxy) is 1. The maximum atomic E-state index is 12.7. The Labute approximate surface area is 161 Å². The Kier molecular flexibility index (Phi) is 7.53. The number of amides is 1. The van der Waals surface area contributed by atoms with Gasteiger partial charge in [0.05, 0.1) is 6.10 Å². The maximum Gasteiger partial charge on any atom is 0.410 e. The van der Waals surface area contributed by atoms with Gasteiger partial charge >= 0.3 is 6.09 Å². The van der Waals surface area contributed by atoms with Crippen molar-refractivity contribution >= 4 is 14.4 Å². The zero-order valence-corrected chi connectivity index (χ0v) is 19.4. The van der Waals surface area contributed by atoms with Gasteiger partial charge in [0.25, 0.3) is 0 Å². The first-order chi connectivity index (χ1) is 11.7. The molecular weight excluding hydrogens is 344 g/mol. The third kappa shape index (κ3) is 6.71. The van der Waals surface area contributed by atoms with E-state index in [0.717, 1.165) is 25.0 Å². The summed E-state index contributed by atoms with van der Waals surface area (Å²) >= 11 is 0. The Hall–Kier alpha value is -0.853. The zero-order valence-electron chi connectivity index (χ0n) is 18.4. The molecule has 152 valence electrons. The highest BCUT2D eigenvalue weighted by Crippen LogP contribution is 2.39. The average molecular weight is 385 g/mol. The van der Waals surface area contributed by atoms with Crippen molar-refractivity contribution in [1.29, 1.82) is 0 Å². The summed E-state index contributed by atoms with van der Waals surface area (Å²) in [6.45, 7) is 22.5. The molecule has 0 aromatic rings. The zero-order chi connectivity index (χ0) is 20.3. The van der Waals surface area contributed by atoms with E-state index in [0.29, 0.717) is 6.54 Å². The molecule has 0 aromatic carbocycles. The van der Waals surface area contributed by atoms with Crippen LogP contribution in [0.1, 0.15) is 54.4 Å². The van der Waals surface area contributed by atoms with E-state index in [1.54, 1.807) is 0 Å². The lowest BCUT2D eigenvalue weighted by molar-refractivity contribution is 0.0210. The number of carbonyl (C=O) groups is 1. The maximum absolute atomic E-state index is 12.7. The molecule has 5 nitrogen and oxygen atoms in total. The number of likely N-dealkylation sites (tertiary alicyclic amines) is 1. The number of rotatable bonds is 6. The van der Waals surface area contributed by atoms with Crippen LogP contribution in [-0.4, -0.2) is 57.2 Å². The van der Waals surface area contributed by atoms with Crippen molar-refractivity contribution in [3.63, 3.8) is 0 Å². The molecule has 0 radical (unpaired) electrons. The second-order valence-electron chi connectivity index (χ2n) is 10.0. The number of nitrogens with zero attached hydrogens (tertiary/aromatic N) is 1. The summed E-state index contributed by atoms with van der Waals surface area (Å²) in [4.78, 5) is 14.6. The molecule has 1 aliphatic rings. The molecule has 1 N–H and O–H groups in total. The van der Waals surface area contributed by atoms with Crippen LogP contribution in [-0.2, 0) is 9.16 Å². The van der Waals surface area contributed by atoms with Crippen molar-refractivity contribution in [2.24, 2.45) is 0 Å². The lowest BCUT2D eigenvalue weighted by Crippen LogP contribution is -2.45. The van der Waals surface area contributed by atoms with E-state index in [9.17, 15) is 4.79 Å². The molecule has 1 saturated heterocycles. The SMILES string of the molecule is C=C(CNC)C[C@H]1C[C@@H](O[Si](C)(C)C(C)(C)C)CN1C(=O)OC(C)(C)C. The number of hydrogen-bond donors (Lipinski definition) is 1. The van der Waals surface area contributed by atoms with E-state index in [1.165, 1.54) is 0 Å². The second kappa shape index (κ2) is 8.44. The lowest BCUT2D eigenvalue weighted by atomic mass is 10.0. The van der Waals surface area contributed by atoms with Gasteiger partial charge in [-0.3, -0.25) is 0 Å². The van der Waals surface area contributed by atoms with E-state index in [2.05, 4.69) is 45.8 Å². The van der Waals surface area contributed by atoms with Crippen LogP contribution in [0.2, 0.25) is 18.1 Å². The van der Waals surface area contributed by atoms with Crippen molar-refractivity contribution in [3.8, 4) is 0 Å². The van der Waals surface area contributed by atoms with Gasteiger partial charge in [0, 0.05) is 19.1 Å². The van der Waals surface area contributed by atoms with Gasteiger partial charge in [-0.1, -0.05) is 32.9 Å². The highest BCUT2D eigenvalue weighted by atomic mass is 28.4. The van der Waals surface area contributed by atoms with Gasteiger partial charge in [-0.25, -0.2) is 4.79 Å². The van der Waals surface area contributed by atoms with Gasteiger partial charge in [0.1, 0.15) is 5.60 Å². The monoisotopic (exact) mass is 384 g/mol. The summed E-state index contributed by atoms with van der Waals surface area (Å²) in [5.41, 5.74) is 0.598. The molecule has 0 unspecified atom stereocenters. The molecule has 0 spiro atoms. The molecule has 1 rings (SSSR count). The van der Waals surface area contributed by atoms with Gasteiger partial charge in [0.2, 0.25) is 0 Å². The van der Waals surface area contributed by atoms with Crippen molar-refractivity contribution in [3.05, 3.63) is 12.2 Å². The third-order valence-electron chi connectivity index (χ3n) is 5.22. The van der Waals surface area contributed by atoms with Crippen molar-refractivity contribution < 1.29 is 14.0 Å². The molecule has 6 heteroatoms. The first-order valence-corrected chi connectivity index (χ1v) is 12.6. The Morgan fingerprint density at radius 3 is 2.27 bits per heavy atom. The lowest BCUT2D eigenvalue weighted by Gasteiger charge is -2.38. The molecule has 26 heavy (non-hydrogen) atoms. The van der Waals surface area contributed by atoms with E-state index >= 15 is 0 Å². The fraction of sp³-hybridized carbons (Fsp3) is 0.850. The van der Waals surface area contributed by atoms with Crippen molar-refractivity contribution in [2.45, 2.75) is 90.3 Å². The number of carbonyl (C=O) groups excluding carboxylic acids is 1. The second-order valence-corrected chi connectivity index (χ2v) is 14.8. The van der Waals surface area contributed by atoms with Crippen LogP contribution < -0.4 is 5.32 Å². The first kappa shape index (κ1) is 23.2. The summed E-state index contributed by atoms with van der Waals surface area (Å²) in [5, 5.41) is 3.28. The summed E-state index contributed by atoms with van der Waals surface area (Å²) in [6.07, 6.45) is 1.43. The van der Waals surface area contributed by atoms with Gasteiger partial charge in [-0.05, 0) is 58.8 Å². The Balaban J connectivity index is 2.90. The molecule has 1 fully saturated rings. The Morgan fingerprint density at radius 2 is 1.81 bits per heavy atom. The highest BCUT2D eigenvalue weighted by molar-refractivity contribution is 6.74. The minimum Gasteiger partial charge on any atom is -0.444 e. The fourth-order valence-corrected chi connectivity index (χ4v) is 4.30. The van der Waals surface area contributed by atoms with Crippen molar-refractivity contribution in [2.75, 3.05) is 20.1 Å². The van der Waals surface area contributed by atoms with Gasteiger partial charge < -0.3 is 19.4 Å². The summed E-state index contributed by atoms with van der Waals surface area (Å²) in [7, 11) is 0.0321. The third-order valence-corrected chi connectivity index (χ3v) is 9.76. The van der Waals surface area contributed by atoms with Crippen LogP contribution in [0.4, 0.5) is 4.79 Å². The topological polar surface area (TPSA) is 50.8 Å². The smallest absolute Gasteiger partial charge is 0.410 e. The normalized spacial score (nSPS) is 21.8. The first-order valence-electron chi connectivity index (χ1n) is 9.65. The minimum absolute atomic E-state index is 0.0656. The summed E-state index contributed by atoms with van der Waals surface area (Å²) < 4.78 is 12.2. The Morgan fingerprint density at radius 1 is 1.23 bits per heavy atom. The van der Waals surface area contributed by atoms with Crippen LogP contribution in [0.15, 0.2) is 12.2 Å². The van der Waals surface area contributed by atoms with Gasteiger partial charge in [0.15, 0.2) is 8.32 Å². The molecule has 1 aliphatic heterocycles. The predicted molar refractivity (Wildman–Crippen MR) is 111 cm³/mol. The van der Waals surface area contributed by atoms with Crippen LogP contribution in [0.3, 0.4) is 0 Å². The molecule has 1 heterocycles. The van der Waals surface area contributed by atoms with Crippen molar-refractivity contribution in [1.82, 2.24) is 10.2 Å². The number of nitrogens with one attached hydrogen (secondary N) is 1. The van der Waals surface area contributed by atoms with Crippen LogP contribution in [0.5, 0.6) is 0 Å². The van der Waals surface area contributed by atoms with E-state index < -0.39 is 13.9 Å². The quantitative estimate of drug-likeness (QED) is 0.539. The average Bonchev–Trinajstić information content (AvgIpc) is 2.77.